The molecule has 3 aromatic rings. The van der Waals surface area contributed by atoms with E-state index in [9.17, 15) is 0 Å². The van der Waals surface area contributed by atoms with Crippen LogP contribution in [0.3, 0.4) is 0 Å². The minimum Gasteiger partial charge on any atom is -0.358 e. The average molecular weight is 520 g/mol. The first-order valence-electron chi connectivity index (χ1n) is 11.3. The SMILES string of the molecule is CC1C(C)C(C)C(C)C1C.[CH2-]c1ccccc1.[CH2-]c1ccccc1.[CH2-]c1ccccc1.[CH3-].[Zr+4]. The Balaban J connectivity index is 0. The van der Waals surface area contributed by atoms with Crippen molar-refractivity contribution in [2.24, 2.45) is 29.6 Å². The smallest absolute Gasteiger partial charge is 0.358 e. The molecular weight excluding hydrogens is 476 g/mol. The average Bonchev–Trinajstić information content (AvgIpc) is 2.94. The van der Waals surface area contributed by atoms with Crippen molar-refractivity contribution in [2.75, 3.05) is 0 Å². The summed E-state index contributed by atoms with van der Waals surface area (Å²) in [4.78, 5) is 0. The molecule has 1 aliphatic rings. The van der Waals surface area contributed by atoms with Gasteiger partial charge >= 0.3 is 26.2 Å². The van der Waals surface area contributed by atoms with E-state index >= 15 is 0 Å². The zero-order valence-electron chi connectivity index (χ0n) is 21.7. The van der Waals surface area contributed by atoms with Crippen molar-refractivity contribution in [3.63, 3.8) is 0 Å². The van der Waals surface area contributed by atoms with Crippen LogP contribution in [0.5, 0.6) is 0 Å². The van der Waals surface area contributed by atoms with Crippen LogP contribution in [0.2, 0.25) is 0 Å². The van der Waals surface area contributed by atoms with Crippen molar-refractivity contribution in [1.29, 1.82) is 0 Å². The van der Waals surface area contributed by atoms with Crippen molar-refractivity contribution in [2.45, 2.75) is 34.6 Å². The predicted molar refractivity (Wildman–Crippen MR) is 145 cm³/mol. The van der Waals surface area contributed by atoms with Gasteiger partial charge in [-0.15, -0.1) is 36.4 Å². The van der Waals surface area contributed by atoms with E-state index in [2.05, 4.69) is 55.4 Å². The standard InChI is InChI=1S/C10H20.3C7H7.CH3.Zr/c1-6-7(2)9(4)10(5)8(6)3;3*1-7-5-3-2-4-6-7;;/h6-10H,1-5H3;3*2-6H,1H2;1H3;/q;4*-1;+4. The van der Waals surface area contributed by atoms with E-state index in [1.165, 1.54) is 0 Å². The third kappa shape index (κ3) is 13.5. The molecule has 1 fully saturated rings. The maximum Gasteiger partial charge on any atom is 4.00 e. The molecule has 0 spiro atoms. The van der Waals surface area contributed by atoms with E-state index in [-0.39, 0.29) is 33.6 Å². The Morgan fingerprint density at radius 3 is 0.636 bits per heavy atom. The summed E-state index contributed by atoms with van der Waals surface area (Å²) >= 11 is 0. The summed E-state index contributed by atoms with van der Waals surface area (Å²) in [6, 6.07) is 29.6. The summed E-state index contributed by atoms with van der Waals surface area (Å²) in [5.74, 6) is 4.68. The summed E-state index contributed by atoms with van der Waals surface area (Å²) in [7, 11) is 0. The molecule has 1 saturated carbocycles. The Hall–Kier alpha value is -1.85. The van der Waals surface area contributed by atoms with E-state index in [4.69, 9.17) is 0 Å². The zero-order chi connectivity index (χ0) is 23.2. The molecule has 0 atom stereocenters. The summed E-state index contributed by atoms with van der Waals surface area (Å²) in [6.07, 6.45) is 0. The number of benzene rings is 3. The summed E-state index contributed by atoms with van der Waals surface area (Å²) in [6.45, 7) is 23.2. The normalized spacial score (nSPS) is 22.3. The van der Waals surface area contributed by atoms with Gasteiger partial charge in [-0.25, -0.2) is 0 Å². The molecule has 0 nitrogen and oxygen atoms in total. The molecule has 0 N–H and O–H groups in total. The van der Waals surface area contributed by atoms with E-state index in [1.54, 1.807) is 0 Å². The van der Waals surface area contributed by atoms with E-state index in [1.807, 2.05) is 91.0 Å². The van der Waals surface area contributed by atoms with Crippen LogP contribution in [0.15, 0.2) is 91.0 Å². The Labute approximate surface area is 225 Å². The van der Waals surface area contributed by atoms with Crippen LogP contribution in [-0.4, -0.2) is 0 Å². The van der Waals surface area contributed by atoms with Gasteiger partial charge in [0.25, 0.3) is 0 Å². The molecule has 33 heavy (non-hydrogen) atoms. The third-order valence-corrected chi connectivity index (χ3v) is 6.68. The van der Waals surface area contributed by atoms with Crippen LogP contribution < -0.4 is 0 Å². The van der Waals surface area contributed by atoms with Gasteiger partial charge in [0.1, 0.15) is 0 Å². The van der Waals surface area contributed by atoms with E-state index in [0.29, 0.717) is 0 Å². The van der Waals surface area contributed by atoms with E-state index in [0.717, 1.165) is 46.3 Å². The maximum atomic E-state index is 3.72. The van der Waals surface area contributed by atoms with Gasteiger partial charge in [0.15, 0.2) is 0 Å². The molecule has 176 valence electrons. The fourth-order valence-electron chi connectivity index (χ4n) is 3.83. The third-order valence-electron chi connectivity index (χ3n) is 6.68. The Kier molecular flexibility index (Phi) is 18.7. The second kappa shape index (κ2) is 18.6. The van der Waals surface area contributed by atoms with Crippen molar-refractivity contribution in [1.82, 2.24) is 0 Å². The van der Waals surface area contributed by atoms with Crippen LogP contribution in [0.4, 0.5) is 0 Å². The molecule has 0 aromatic heterocycles. The fraction of sp³-hybridized carbons (Fsp3) is 0.312. The summed E-state index contributed by atoms with van der Waals surface area (Å²) in [5.41, 5.74) is 3.22. The molecule has 0 aliphatic heterocycles. The molecule has 0 unspecified atom stereocenters. The molecule has 3 aromatic carbocycles. The Morgan fingerprint density at radius 2 is 0.545 bits per heavy atom. The largest absolute Gasteiger partial charge is 4.00 e. The van der Waals surface area contributed by atoms with Gasteiger partial charge in [-0.05, 0) is 29.6 Å². The van der Waals surface area contributed by atoms with Gasteiger partial charge in [-0.2, -0.15) is 73.9 Å². The van der Waals surface area contributed by atoms with Crippen molar-refractivity contribution in [3.8, 4) is 0 Å². The Morgan fingerprint density at radius 1 is 0.394 bits per heavy atom. The molecular formula is C32H44Zr. The van der Waals surface area contributed by atoms with Crippen molar-refractivity contribution in [3.05, 3.63) is 136 Å². The van der Waals surface area contributed by atoms with Gasteiger partial charge in [-0.1, -0.05) is 52.8 Å². The second-order valence-corrected chi connectivity index (χ2v) is 8.75. The van der Waals surface area contributed by atoms with Crippen LogP contribution in [0, 0.1) is 57.8 Å². The topological polar surface area (TPSA) is 0 Å². The number of hydrogen-bond donors (Lipinski definition) is 0. The minimum absolute atomic E-state index is 0. The maximum absolute atomic E-state index is 3.72. The van der Waals surface area contributed by atoms with Gasteiger partial charge in [0, 0.05) is 0 Å². The quantitative estimate of drug-likeness (QED) is 0.260. The molecule has 0 saturated heterocycles. The second-order valence-electron chi connectivity index (χ2n) is 8.75. The van der Waals surface area contributed by atoms with Gasteiger partial charge < -0.3 is 7.43 Å². The monoisotopic (exact) mass is 518 g/mol. The van der Waals surface area contributed by atoms with Gasteiger partial charge in [0.2, 0.25) is 0 Å². The first-order valence-corrected chi connectivity index (χ1v) is 11.3. The molecule has 0 radical (unpaired) electrons. The summed E-state index contributed by atoms with van der Waals surface area (Å²) in [5, 5.41) is 0. The van der Waals surface area contributed by atoms with Crippen LogP contribution >= 0.6 is 0 Å². The number of rotatable bonds is 0. The first-order chi connectivity index (χ1) is 14.7. The molecule has 1 aliphatic carbocycles. The summed E-state index contributed by atoms with van der Waals surface area (Å²) < 4.78 is 0. The molecule has 4 rings (SSSR count). The van der Waals surface area contributed by atoms with Crippen molar-refractivity contribution >= 4 is 0 Å². The van der Waals surface area contributed by atoms with Crippen LogP contribution in [0.1, 0.15) is 51.3 Å². The fourth-order valence-corrected chi connectivity index (χ4v) is 3.83. The predicted octanol–water partition coefficient (Wildman–Crippen LogP) is 9.23. The number of hydrogen-bond acceptors (Lipinski definition) is 0. The molecule has 0 heterocycles. The molecule has 0 bridgehead atoms. The minimum atomic E-state index is 0. The van der Waals surface area contributed by atoms with Crippen LogP contribution in [0.25, 0.3) is 0 Å². The molecule has 1 heteroatoms. The van der Waals surface area contributed by atoms with Crippen molar-refractivity contribution < 1.29 is 26.2 Å². The first kappa shape index (κ1) is 33.3. The van der Waals surface area contributed by atoms with Gasteiger partial charge in [-0.3, -0.25) is 0 Å². The Bertz CT molecular complexity index is 664. The van der Waals surface area contributed by atoms with Gasteiger partial charge in [0.05, 0.1) is 0 Å². The van der Waals surface area contributed by atoms with Crippen LogP contribution in [-0.2, 0) is 26.2 Å². The van der Waals surface area contributed by atoms with E-state index < -0.39 is 0 Å². The zero-order valence-corrected chi connectivity index (χ0v) is 24.1. The molecule has 0 amide bonds.